The second-order valence-electron chi connectivity index (χ2n) is 9.17. The Hall–Kier alpha value is -3.20. The summed E-state index contributed by atoms with van der Waals surface area (Å²) >= 11 is 0. The van der Waals surface area contributed by atoms with Crippen LogP contribution in [0.15, 0.2) is 78.1 Å². The number of H-pyrrole nitrogens is 1. The van der Waals surface area contributed by atoms with Crippen LogP contribution >= 0.6 is 0 Å². The van der Waals surface area contributed by atoms with Crippen molar-refractivity contribution in [1.82, 2.24) is 14.9 Å². The van der Waals surface area contributed by atoms with Crippen molar-refractivity contribution in [2.45, 2.75) is 17.9 Å². The molecular formula is C26H28N4O3S. The number of aromatic nitrogens is 2. The highest BCUT2D eigenvalue weighted by atomic mass is 32.2. The van der Waals surface area contributed by atoms with Gasteiger partial charge in [0.1, 0.15) is 0 Å². The first kappa shape index (κ1) is 22.6. The third-order valence-corrected chi connectivity index (χ3v) is 7.66. The molecule has 176 valence electrons. The van der Waals surface area contributed by atoms with Gasteiger partial charge in [-0.15, -0.1) is 0 Å². The average molecular weight is 477 g/mol. The van der Waals surface area contributed by atoms with Crippen molar-refractivity contribution in [3.8, 4) is 11.1 Å². The van der Waals surface area contributed by atoms with Crippen molar-refractivity contribution < 1.29 is 13.0 Å². The van der Waals surface area contributed by atoms with Crippen LogP contribution in [0.2, 0.25) is 0 Å². The SMILES string of the molecule is CN1C[C@H]2CN(c3cncc(-c4ccc5cc[nH]c5c4)c3)C[C@H]21.Cc1ccc(S(=O)(=O)O)cc1. The van der Waals surface area contributed by atoms with E-state index in [1.807, 2.05) is 25.5 Å². The molecule has 0 unspecified atom stereocenters. The largest absolute Gasteiger partial charge is 0.368 e. The summed E-state index contributed by atoms with van der Waals surface area (Å²) in [7, 11) is -1.79. The lowest BCUT2D eigenvalue weighted by Crippen LogP contribution is -2.52. The van der Waals surface area contributed by atoms with E-state index in [1.54, 1.807) is 12.1 Å². The van der Waals surface area contributed by atoms with Crippen LogP contribution in [0.5, 0.6) is 0 Å². The summed E-state index contributed by atoms with van der Waals surface area (Å²) in [5.74, 6) is 0.832. The smallest absolute Gasteiger partial charge is 0.294 e. The van der Waals surface area contributed by atoms with Crippen LogP contribution in [0, 0.1) is 12.8 Å². The van der Waals surface area contributed by atoms with E-state index in [0.717, 1.165) is 30.6 Å². The van der Waals surface area contributed by atoms with Gasteiger partial charge in [0.05, 0.1) is 16.8 Å². The second-order valence-corrected chi connectivity index (χ2v) is 10.6. The van der Waals surface area contributed by atoms with Gasteiger partial charge in [0.25, 0.3) is 10.1 Å². The molecule has 0 radical (unpaired) electrons. The lowest BCUT2D eigenvalue weighted by atomic mass is 9.93. The van der Waals surface area contributed by atoms with Gasteiger partial charge in [0.2, 0.25) is 0 Å². The minimum Gasteiger partial charge on any atom is -0.368 e. The van der Waals surface area contributed by atoms with Gasteiger partial charge in [-0.05, 0) is 55.3 Å². The van der Waals surface area contributed by atoms with Crippen molar-refractivity contribution >= 4 is 26.7 Å². The van der Waals surface area contributed by atoms with Gasteiger partial charge < -0.3 is 14.8 Å². The first-order chi connectivity index (χ1) is 16.3. The molecule has 0 spiro atoms. The number of nitrogens with one attached hydrogen (secondary N) is 1. The van der Waals surface area contributed by atoms with Crippen LogP contribution in [-0.2, 0) is 10.1 Å². The number of likely N-dealkylation sites (tertiary alicyclic amines) is 1. The van der Waals surface area contributed by atoms with Crippen LogP contribution in [0.1, 0.15) is 5.56 Å². The van der Waals surface area contributed by atoms with Crippen molar-refractivity contribution in [3.63, 3.8) is 0 Å². The van der Waals surface area contributed by atoms with E-state index >= 15 is 0 Å². The normalized spacial score (nSPS) is 19.9. The van der Waals surface area contributed by atoms with E-state index in [-0.39, 0.29) is 4.90 Å². The topological polar surface area (TPSA) is 89.5 Å². The quantitative estimate of drug-likeness (QED) is 0.431. The number of likely N-dealkylation sites (N-methyl/N-ethyl adjacent to an activating group) is 1. The molecule has 4 aromatic rings. The monoisotopic (exact) mass is 476 g/mol. The first-order valence-corrected chi connectivity index (χ1v) is 12.7. The molecule has 7 nitrogen and oxygen atoms in total. The summed E-state index contributed by atoms with van der Waals surface area (Å²) in [6.45, 7) is 5.36. The number of rotatable bonds is 3. The Morgan fingerprint density at radius 1 is 0.971 bits per heavy atom. The lowest BCUT2D eigenvalue weighted by molar-refractivity contribution is 0.0827. The van der Waals surface area contributed by atoms with Gasteiger partial charge in [0.15, 0.2) is 0 Å². The predicted octanol–water partition coefficient (Wildman–Crippen LogP) is 4.22. The maximum Gasteiger partial charge on any atom is 0.294 e. The van der Waals surface area contributed by atoms with Crippen LogP contribution in [0.25, 0.3) is 22.0 Å². The average Bonchev–Trinajstić information content (AvgIpc) is 3.43. The zero-order valence-corrected chi connectivity index (χ0v) is 20.0. The van der Waals surface area contributed by atoms with E-state index in [0.29, 0.717) is 0 Å². The number of pyridine rings is 1. The zero-order valence-electron chi connectivity index (χ0n) is 19.2. The molecule has 2 aliphatic rings. The molecular weight excluding hydrogens is 448 g/mol. The predicted molar refractivity (Wildman–Crippen MR) is 135 cm³/mol. The van der Waals surface area contributed by atoms with Crippen LogP contribution in [0.4, 0.5) is 5.69 Å². The number of hydrogen-bond donors (Lipinski definition) is 2. The van der Waals surface area contributed by atoms with E-state index in [9.17, 15) is 8.42 Å². The van der Waals surface area contributed by atoms with E-state index in [2.05, 4.69) is 57.1 Å². The number of benzene rings is 2. The van der Waals surface area contributed by atoms with Crippen LogP contribution in [-0.4, -0.2) is 60.6 Å². The third-order valence-electron chi connectivity index (χ3n) is 6.79. The van der Waals surface area contributed by atoms with Crippen molar-refractivity contribution in [2.24, 2.45) is 5.92 Å². The summed E-state index contributed by atoms with van der Waals surface area (Å²) in [5, 5.41) is 1.25. The highest BCUT2D eigenvalue weighted by Gasteiger charge is 2.43. The van der Waals surface area contributed by atoms with Gasteiger partial charge in [-0.1, -0.05) is 29.8 Å². The molecule has 0 bridgehead atoms. The van der Waals surface area contributed by atoms with Gasteiger partial charge in [-0.25, -0.2) is 0 Å². The standard InChI is InChI=1S/C19H20N4.C7H8O3S/c1-22-10-16-11-23(12-19(16)22)17-6-15(8-20-9-17)14-3-2-13-4-5-21-18(13)7-14;1-6-2-4-7(5-3-6)11(8,9)10/h2-9,16,19,21H,10-12H2,1H3;2-5H,1H3,(H,8,9,10)/t16-,19+;/m0./s1. The number of anilines is 1. The molecule has 2 aromatic heterocycles. The number of aromatic amines is 1. The van der Waals surface area contributed by atoms with Crippen molar-refractivity contribution in [2.75, 3.05) is 31.6 Å². The minimum absolute atomic E-state index is 0.0666. The van der Waals surface area contributed by atoms with Crippen molar-refractivity contribution in [3.05, 3.63) is 78.8 Å². The lowest BCUT2D eigenvalue weighted by Gasteiger charge is -2.40. The van der Waals surface area contributed by atoms with Crippen LogP contribution in [0.3, 0.4) is 0 Å². The second kappa shape index (κ2) is 8.87. The minimum atomic E-state index is -4.02. The van der Waals surface area contributed by atoms with E-state index in [1.165, 1.54) is 46.4 Å². The number of hydrogen-bond acceptors (Lipinski definition) is 5. The fraction of sp³-hybridized carbons (Fsp3) is 0.269. The van der Waals surface area contributed by atoms with Gasteiger partial charge >= 0.3 is 0 Å². The Morgan fingerprint density at radius 2 is 1.76 bits per heavy atom. The highest BCUT2D eigenvalue weighted by Crippen LogP contribution is 2.34. The molecule has 2 atom stereocenters. The summed E-state index contributed by atoms with van der Waals surface area (Å²) in [6, 6.07) is 17.6. The summed E-state index contributed by atoms with van der Waals surface area (Å²) in [5.41, 5.74) is 5.78. The number of nitrogens with zero attached hydrogens (tertiary/aromatic N) is 3. The molecule has 0 saturated carbocycles. The molecule has 8 heteroatoms. The maximum atomic E-state index is 10.5. The molecule has 4 heterocycles. The molecule has 2 aromatic carbocycles. The number of fused-ring (bicyclic) bond motifs is 2. The van der Waals surface area contributed by atoms with Gasteiger partial charge in [-0.2, -0.15) is 8.42 Å². The Morgan fingerprint density at radius 3 is 2.47 bits per heavy atom. The third kappa shape index (κ3) is 4.57. The molecule has 0 aliphatic carbocycles. The molecule has 2 aliphatic heterocycles. The molecule has 2 saturated heterocycles. The Kier molecular flexibility index (Phi) is 5.89. The van der Waals surface area contributed by atoms with E-state index < -0.39 is 10.1 Å². The molecule has 2 N–H and O–H groups in total. The Bertz CT molecular complexity index is 1420. The number of aryl methyl sites for hydroxylation is 1. The van der Waals surface area contributed by atoms with Gasteiger partial charge in [0, 0.05) is 55.1 Å². The van der Waals surface area contributed by atoms with Crippen LogP contribution < -0.4 is 4.90 Å². The molecule has 0 amide bonds. The molecule has 6 rings (SSSR count). The maximum absolute atomic E-state index is 10.5. The van der Waals surface area contributed by atoms with E-state index in [4.69, 9.17) is 4.55 Å². The summed E-state index contributed by atoms with van der Waals surface area (Å²) < 4.78 is 29.6. The molecule has 34 heavy (non-hydrogen) atoms. The van der Waals surface area contributed by atoms with Crippen molar-refractivity contribution in [1.29, 1.82) is 0 Å². The first-order valence-electron chi connectivity index (χ1n) is 11.3. The zero-order chi connectivity index (χ0) is 23.9. The molecule has 2 fully saturated rings. The highest BCUT2D eigenvalue weighted by molar-refractivity contribution is 7.85. The Balaban J connectivity index is 0.000000186. The van der Waals surface area contributed by atoms with Gasteiger partial charge in [-0.3, -0.25) is 9.54 Å². The Labute approximate surface area is 199 Å². The summed E-state index contributed by atoms with van der Waals surface area (Å²) in [6.07, 6.45) is 5.95. The fourth-order valence-corrected chi connectivity index (χ4v) is 5.29. The fourth-order valence-electron chi connectivity index (χ4n) is 4.81. The summed E-state index contributed by atoms with van der Waals surface area (Å²) in [4.78, 5) is 12.7.